The van der Waals surface area contributed by atoms with Crippen molar-refractivity contribution in [3.05, 3.63) is 12.2 Å². The molecule has 1 fully saturated rings. The van der Waals surface area contributed by atoms with Crippen molar-refractivity contribution in [2.75, 3.05) is 19.7 Å². The Morgan fingerprint density at radius 1 is 1.36 bits per heavy atom. The van der Waals surface area contributed by atoms with Gasteiger partial charge in [0.15, 0.2) is 6.61 Å². The molecule has 1 aliphatic rings. The Bertz CT molecular complexity index is 254. The summed E-state index contributed by atoms with van der Waals surface area (Å²) in [5, 5.41) is 0. The topological polar surface area (TPSA) is 46.6 Å². The van der Waals surface area contributed by atoms with Crippen molar-refractivity contribution in [3.63, 3.8) is 0 Å². The summed E-state index contributed by atoms with van der Waals surface area (Å²) in [5.74, 6) is -0.616. The highest BCUT2D eigenvalue weighted by atomic mass is 16.5. The van der Waals surface area contributed by atoms with E-state index in [-0.39, 0.29) is 12.5 Å². The average molecular weight is 197 g/mol. The Balaban J connectivity index is 2.27. The minimum atomic E-state index is -0.502. The summed E-state index contributed by atoms with van der Waals surface area (Å²) >= 11 is 0. The molecule has 0 unspecified atom stereocenters. The van der Waals surface area contributed by atoms with E-state index >= 15 is 0 Å². The van der Waals surface area contributed by atoms with Crippen molar-refractivity contribution < 1.29 is 14.3 Å². The molecule has 78 valence electrons. The second kappa shape index (κ2) is 4.79. The molecule has 1 heterocycles. The number of likely N-dealkylation sites (tertiary alicyclic amines) is 1. The third kappa shape index (κ3) is 2.87. The van der Waals surface area contributed by atoms with Crippen LogP contribution in [-0.4, -0.2) is 36.5 Å². The fourth-order valence-corrected chi connectivity index (χ4v) is 1.31. The number of rotatable bonds is 3. The number of nitrogens with zero attached hydrogens (tertiary/aromatic N) is 1. The Hall–Kier alpha value is -1.32. The van der Waals surface area contributed by atoms with E-state index in [4.69, 9.17) is 4.74 Å². The molecule has 0 atom stereocenters. The van der Waals surface area contributed by atoms with Gasteiger partial charge in [-0.2, -0.15) is 0 Å². The molecule has 1 saturated heterocycles. The molecule has 0 aliphatic carbocycles. The first-order valence-corrected chi connectivity index (χ1v) is 4.71. The van der Waals surface area contributed by atoms with Gasteiger partial charge in [-0.3, -0.25) is 4.79 Å². The maximum Gasteiger partial charge on any atom is 0.333 e. The molecule has 0 radical (unpaired) electrons. The van der Waals surface area contributed by atoms with Crippen molar-refractivity contribution in [1.29, 1.82) is 0 Å². The Kier molecular flexibility index (Phi) is 3.68. The number of amides is 1. The highest BCUT2D eigenvalue weighted by molar-refractivity contribution is 5.89. The molecule has 4 nitrogen and oxygen atoms in total. The molecule has 1 rings (SSSR count). The van der Waals surface area contributed by atoms with Crippen LogP contribution in [0.1, 0.15) is 19.8 Å². The van der Waals surface area contributed by atoms with Gasteiger partial charge in [0.1, 0.15) is 0 Å². The van der Waals surface area contributed by atoms with Gasteiger partial charge < -0.3 is 9.64 Å². The average Bonchev–Trinajstić information content (AvgIpc) is 2.66. The van der Waals surface area contributed by atoms with E-state index in [2.05, 4.69) is 6.58 Å². The molecule has 0 saturated carbocycles. The zero-order valence-corrected chi connectivity index (χ0v) is 8.41. The highest BCUT2D eigenvalue weighted by Gasteiger charge is 2.18. The summed E-state index contributed by atoms with van der Waals surface area (Å²) in [6, 6.07) is 0. The maximum atomic E-state index is 11.4. The fraction of sp³-hybridized carbons (Fsp3) is 0.600. The van der Waals surface area contributed by atoms with Gasteiger partial charge >= 0.3 is 5.97 Å². The largest absolute Gasteiger partial charge is 0.452 e. The molecule has 0 N–H and O–H groups in total. The standard InChI is InChI=1S/C10H15NO3/c1-8(2)10(13)14-7-9(12)11-5-3-4-6-11/h1,3-7H2,2H3. The predicted octanol–water partition coefficient (Wildman–Crippen LogP) is 0.728. The van der Waals surface area contributed by atoms with E-state index in [1.165, 1.54) is 0 Å². The summed E-state index contributed by atoms with van der Waals surface area (Å²) in [4.78, 5) is 24.1. The normalized spacial score (nSPS) is 15.4. The van der Waals surface area contributed by atoms with Gasteiger partial charge in [0, 0.05) is 18.7 Å². The summed E-state index contributed by atoms with van der Waals surface area (Å²) in [7, 11) is 0. The van der Waals surface area contributed by atoms with Crippen molar-refractivity contribution in [2.45, 2.75) is 19.8 Å². The number of esters is 1. The number of carbonyl (C=O) groups is 2. The van der Waals surface area contributed by atoms with Crippen LogP contribution in [0.4, 0.5) is 0 Å². The second-order valence-corrected chi connectivity index (χ2v) is 3.44. The molecule has 0 spiro atoms. The van der Waals surface area contributed by atoms with Crippen molar-refractivity contribution >= 4 is 11.9 Å². The predicted molar refractivity (Wildman–Crippen MR) is 51.6 cm³/mol. The molecule has 0 aromatic heterocycles. The lowest BCUT2D eigenvalue weighted by Crippen LogP contribution is -2.32. The first-order chi connectivity index (χ1) is 6.61. The van der Waals surface area contributed by atoms with Gasteiger partial charge in [0.25, 0.3) is 5.91 Å². The lowest BCUT2D eigenvalue weighted by atomic mass is 10.4. The third-order valence-electron chi connectivity index (χ3n) is 2.13. The van der Waals surface area contributed by atoms with Crippen LogP contribution in [0.15, 0.2) is 12.2 Å². The molecule has 0 bridgehead atoms. The number of hydrogen-bond donors (Lipinski definition) is 0. The van der Waals surface area contributed by atoms with Crippen LogP contribution in [0.2, 0.25) is 0 Å². The van der Waals surface area contributed by atoms with Gasteiger partial charge in [0.2, 0.25) is 0 Å². The van der Waals surface area contributed by atoms with E-state index in [9.17, 15) is 9.59 Å². The molecular weight excluding hydrogens is 182 g/mol. The molecule has 1 amide bonds. The number of ether oxygens (including phenoxy) is 1. The monoisotopic (exact) mass is 197 g/mol. The van der Waals surface area contributed by atoms with Crippen LogP contribution in [0, 0.1) is 0 Å². The number of carbonyl (C=O) groups excluding carboxylic acids is 2. The van der Waals surface area contributed by atoms with Crippen molar-refractivity contribution in [2.24, 2.45) is 0 Å². The Morgan fingerprint density at radius 2 is 1.93 bits per heavy atom. The zero-order chi connectivity index (χ0) is 10.6. The Labute approximate surface area is 83.5 Å². The van der Waals surface area contributed by atoms with Crippen LogP contribution < -0.4 is 0 Å². The maximum absolute atomic E-state index is 11.4. The summed E-state index contributed by atoms with van der Waals surface area (Å²) in [5.41, 5.74) is 0.319. The smallest absolute Gasteiger partial charge is 0.333 e. The van der Waals surface area contributed by atoms with Gasteiger partial charge in [-0.1, -0.05) is 6.58 Å². The van der Waals surface area contributed by atoms with Crippen LogP contribution in [0.5, 0.6) is 0 Å². The Morgan fingerprint density at radius 3 is 2.43 bits per heavy atom. The zero-order valence-electron chi connectivity index (χ0n) is 8.41. The van der Waals surface area contributed by atoms with Gasteiger partial charge in [0.05, 0.1) is 0 Å². The van der Waals surface area contributed by atoms with Crippen molar-refractivity contribution in [1.82, 2.24) is 4.90 Å². The van der Waals surface area contributed by atoms with Crippen LogP contribution in [-0.2, 0) is 14.3 Å². The first kappa shape index (κ1) is 10.8. The van der Waals surface area contributed by atoms with E-state index in [1.807, 2.05) is 0 Å². The fourth-order valence-electron chi connectivity index (χ4n) is 1.31. The summed E-state index contributed by atoms with van der Waals surface area (Å²) in [6.07, 6.45) is 2.08. The van der Waals surface area contributed by atoms with E-state index in [1.54, 1.807) is 11.8 Å². The lowest BCUT2D eigenvalue weighted by molar-refractivity contribution is -0.148. The van der Waals surface area contributed by atoms with Crippen LogP contribution >= 0.6 is 0 Å². The molecule has 14 heavy (non-hydrogen) atoms. The van der Waals surface area contributed by atoms with E-state index in [0.717, 1.165) is 25.9 Å². The molecule has 0 aromatic rings. The van der Waals surface area contributed by atoms with Gasteiger partial charge in [-0.15, -0.1) is 0 Å². The van der Waals surface area contributed by atoms with Gasteiger partial charge in [-0.25, -0.2) is 4.79 Å². The molecule has 4 heteroatoms. The summed E-state index contributed by atoms with van der Waals surface area (Å²) in [6.45, 7) is 6.39. The van der Waals surface area contributed by atoms with Crippen LogP contribution in [0.25, 0.3) is 0 Å². The minimum absolute atomic E-state index is 0.114. The quantitative estimate of drug-likeness (QED) is 0.495. The van der Waals surface area contributed by atoms with Crippen molar-refractivity contribution in [3.8, 4) is 0 Å². The van der Waals surface area contributed by atoms with E-state index in [0.29, 0.717) is 5.57 Å². The molecule has 0 aromatic carbocycles. The molecular formula is C10H15NO3. The second-order valence-electron chi connectivity index (χ2n) is 3.44. The minimum Gasteiger partial charge on any atom is -0.452 e. The molecule has 1 aliphatic heterocycles. The van der Waals surface area contributed by atoms with E-state index < -0.39 is 5.97 Å². The summed E-state index contributed by atoms with van der Waals surface area (Å²) < 4.78 is 4.75. The number of hydrogen-bond acceptors (Lipinski definition) is 3. The lowest BCUT2D eigenvalue weighted by Gasteiger charge is -2.14. The highest BCUT2D eigenvalue weighted by Crippen LogP contribution is 2.07. The van der Waals surface area contributed by atoms with Crippen LogP contribution in [0.3, 0.4) is 0 Å². The SMILES string of the molecule is C=C(C)C(=O)OCC(=O)N1CCCC1. The first-order valence-electron chi connectivity index (χ1n) is 4.71. The van der Waals surface area contributed by atoms with Gasteiger partial charge in [-0.05, 0) is 19.8 Å². The third-order valence-corrected chi connectivity index (χ3v) is 2.13.